The summed E-state index contributed by atoms with van der Waals surface area (Å²) in [5.74, 6) is 1.02. The molecule has 34 heavy (non-hydrogen) atoms. The van der Waals surface area contributed by atoms with Crippen LogP contribution in [0.5, 0.6) is 0 Å². The minimum Gasteiger partial charge on any atom is -0.311 e. The number of hydrogen-bond acceptors (Lipinski definition) is 4. The van der Waals surface area contributed by atoms with Crippen molar-refractivity contribution in [3.63, 3.8) is 0 Å². The Morgan fingerprint density at radius 2 is 1.74 bits per heavy atom. The highest BCUT2D eigenvalue weighted by atomic mass is 32.2. The van der Waals surface area contributed by atoms with Gasteiger partial charge >= 0.3 is 0 Å². The van der Waals surface area contributed by atoms with Crippen molar-refractivity contribution >= 4 is 28.3 Å². The predicted molar refractivity (Wildman–Crippen MR) is 134 cm³/mol. The van der Waals surface area contributed by atoms with E-state index in [1.54, 1.807) is 20.1 Å². The number of nitrogens with one attached hydrogen (secondary N) is 2. The van der Waals surface area contributed by atoms with E-state index in [-0.39, 0.29) is 11.9 Å². The molecule has 2 atom stereocenters. The van der Waals surface area contributed by atoms with Crippen LogP contribution in [0.1, 0.15) is 35.3 Å². The number of aryl methyl sites for hydroxylation is 2. The fourth-order valence-electron chi connectivity index (χ4n) is 4.92. The van der Waals surface area contributed by atoms with Crippen molar-refractivity contribution in [2.24, 2.45) is 0 Å². The molecule has 0 saturated carbocycles. The van der Waals surface area contributed by atoms with Crippen LogP contribution in [0, 0.1) is 25.1 Å². The largest absolute Gasteiger partial charge is 0.311 e. The van der Waals surface area contributed by atoms with Gasteiger partial charge in [0.1, 0.15) is 11.6 Å². The number of rotatable bonds is 4. The lowest BCUT2D eigenvalue weighted by Gasteiger charge is -2.27. The third-order valence-electron chi connectivity index (χ3n) is 6.68. The summed E-state index contributed by atoms with van der Waals surface area (Å²) in [6.07, 6.45) is 2.46. The summed E-state index contributed by atoms with van der Waals surface area (Å²) in [5, 5.41) is 17.5. The van der Waals surface area contributed by atoms with E-state index in [2.05, 4.69) is 12.2 Å². The molecule has 0 radical (unpaired) electrons. The van der Waals surface area contributed by atoms with Gasteiger partial charge in [0.2, 0.25) is 5.96 Å². The molecule has 9 heteroatoms. The summed E-state index contributed by atoms with van der Waals surface area (Å²) in [5.41, 5.74) is 4.95. The topological polar surface area (TPSA) is 77.2 Å². The zero-order valence-corrected chi connectivity index (χ0v) is 20.7. The van der Waals surface area contributed by atoms with E-state index in [1.807, 2.05) is 50.9 Å². The maximum absolute atomic E-state index is 14.4. The van der Waals surface area contributed by atoms with Crippen LogP contribution in [0.3, 0.4) is 0 Å². The number of fused-ring (bicyclic) bond motifs is 1. The van der Waals surface area contributed by atoms with Gasteiger partial charge in [-0.15, -0.1) is 0 Å². The Kier molecular flexibility index (Phi) is 5.77. The number of hydrogen-bond donors (Lipinski definition) is 2. The molecular formula is C25H29FN6OS. The van der Waals surface area contributed by atoms with Crippen LogP contribution in [0.15, 0.2) is 41.3 Å². The van der Waals surface area contributed by atoms with Crippen molar-refractivity contribution in [3.05, 3.63) is 64.6 Å². The first-order valence-corrected chi connectivity index (χ1v) is 13.0. The smallest absolute Gasteiger partial charge is 0.204 e. The van der Waals surface area contributed by atoms with E-state index in [0.717, 1.165) is 46.3 Å². The van der Waals surface area contributed by atoms with Gasteiger partial charge in [0.05, 0.1) is 11.4 Å². The summed E-state index contributed by atoms with van der Waals surface area (Å²) >= 11 is 0. The molecule has 2 aliphatic rings. The molecule has 1 saturated heterocycles. The number of halogens is 1. The van der Waals surface area contributed by atoms with Gasteiger partial charge < -0.3 is 10.2 Å². The number of anilines is 2. The molecule has 3 heterocycles. The highest BCUT2D eigenvalue weighted by Crippen LogP contribution is 2.37. The molecule has 0 spiro atoms. The molecule has 2 N–H and O–H groups in total. The van der Waals surface area contributed by atoms with Crippen LogP contribution in [0.25, 0.3) is 5.69 Å². The molecule has 1 fully saturated rings. The number of nitrogens with zero attached hydrogens (tertiary/aromatic N) is 4. The fourth-order valence-corrected chi connectivity index (χ4v) is 5.44. The van der Waals surface area contributed by atoms with E-state index in [0.29, 0.717) is 30.2 Å². The molecule has 0 amide bonds. The van der Waals surface area contributed by atoms with Gasteiger partial charge in [0.15, 0.2) is 0 Å². The second kappa shape index (κ2) is 8.63. The van der Waals surface area contributed by atoms with Crippen molar-refractivity contribution in [3.8, 4) is 5.69 Å². The summed E-state index contributed by atoms with van der Waals surface area (Å²) < 4.78 is 28.0. The Morgan fingerprint density at radius 3 is 2.38 bits per heavy atom. The van der Waals surface area contributed by atoms with Crippen molar-refractivity contribution in [1.29, 1.82) is 5.41 Å². The molecular weight excluding hydrogens is 451 g/mol. The van der Waals surface area contributed by atoms with Gasteiger partial charge in [-0.05, 0) is 68.3 Å². The van der Waals surface area contributed by atoms with Gasteiger partial charge in [0.25, 0.3) is 0 Å². The van der Waals surface area contributed by atoms with Crippen LogP contribution >= 0.6 is 0 Å². The minimum atomic E-state index is -1.04. The second-order valence-corrected chi connectivity index (χ2v) is 10.4. The molecule has 0 aliphatic carbocycles. The maximum atomic E-state index is 14.4. The maximum Gasteiger partial charge on any atom is 0.204 e. The molecule has 1 unspecified atom stereocenters. The Labute approximate surface area is 201 Å². The normalized spacial score (nSPS) is 19.0. The molecule has 0 bridgehead atoms. The molecule has 5 rings (SSSR count). The van der Waals surface area contributed by atoms with E-state index < -0.39 is 10.8 Å². The molecule has 2 aromatic carbocycles. The highest BCUT2D eigenvalue weighted by Gasteiger charge is 2.36. The first kappa shape index (κ1) is 22.7. The summed E-state index contributed by atoms with van der Waals surface area (Å²) in [4.78, 5) is 4.71. The summed E-state index contributed by atoms with van der Waals surface area (Å²) in [7, 11) is -1.04. The van der Waals surface area contributed by atoms with Crippen molar-refractivity contribution < 1.29 is 8.60 Å². The van der Waals surface area contributed by atoms with E-state index in [4.69, 9.17) is 10.5 Å². The van der Waals surface area contributed by atoms with Crippen LogP contribution in [0.2, 0.25) is 0 Å². The standard InChI is InChI=1S/C25H29FN6OS/c1-15-13-19(14-16(2)23(15)26)32-24(22-17(3)28-10-9-21(22)29-32)31-12-11-30(25(31)27)18-5-7-20(8-6-18)34(4)33/h5-8,13-14,17,27-28H,9-12H2,1-4H3/t17-,34?/m0/s1. The first-order valence-electron chi connectivity index (χ1n) is 11.5. The predicted octanol–water partition coefficient (Wildman–Crippen LogP) is 3.83. The van der Waals surface area contributed by atoms with Gasteiger partial charge in [0, 0.05) is 65.3 Å². The zero-order valence-electron chi connectivity index (χ0n) is 19.9. The quantitative estimate of drug-likeness (QED) is 0.594. The molecule has 178 valence electrons. The second-order valence-electron chi connectivity index (χ2n) is 8.99. The Hall–Kier alpha value is -3.04. The summed E-state index contributed by atoms with van der Waals surface area (Å²) in [6.45, 7) is 7.79. The molecule has 3 aromatic rings. The molecule has 1 aromatic heterocycles. The van der Waals surface area contributed by atoms with E-state index >= 15 is 0 Å². The molecule has 2 aliphatic heterocycles. The summed E-state index contributed by atoms with van der Waals surface area (Å²) in [6, 6.07) is 11.3. The van der Waals surface area contributed by atoms with E-state index in [1.165, 1.54) is 0 Å². The van der Waals surface area contributed by atoms with E-state index in [9.17, 15) is 8.60 Å². The minimum absolute atomic E-state index is 0.0933. The lowest BCUT2D eigenvalue weighted by atomic mass is 10.0. The SMILES string of the molecule is Cc1cc(-n2nc3c(c2N2CCN(c4ccc(S(C)=O)cc4)C2=N)[C@H](C)NCC3)cc(C)c1F. The van der Waals surface area contributed by atoms with Crippen molar-refractivity contribution in [2.75, 3.05) is 35.7 Å². The first-order chi connectivity index (χ1) is 16.3. The third kappa shape index (κ3) is 3.73. The lowest BCUT2D eigenvalue weighted by molar-refractivity contribution is 0.538. The van der Waals surface area contributed by atoms with Crippen LogP contribution in [-0.2, 0) is 17.2 Å². The monoisotopic (exact) mass is 480 g/mol. The Morgan fingerprint density at radius 1 is 1.09 bits per heavy atom. The van der Waals surface area contributed by atoms with Gasteiger partial charge in [-0.3, -0.25) is 14.5 Å². The Bertz CT molecular complexity index is 1280. The lowest BCUT2D eigenvalue weighted by Crippen LogP contribution is -2.35. The zero-order chi connectivity index (χ0) is 24.1. The average Bonchev–Trinajstić information content (AvgIpc) is 3.38. The number of aromatic nitrogens is 2. The van der Waals surface area contributed by atoms with Gasteiger partial charge in [-0.2, -0.15) is 5.10 Å². The highest BCUT2D eigenvalue weighted by molar-refractivity contribution is 7.84. The fraction of sp³-hybridized carbons (Fsp3) is 0.360. The third-order valence-corrected chi connectivity index (χ3v) is 7.61. The van der Waals surface area contributed by atoms with Crippen LogP contribution < -0.4 is 15.1 Å². The number of benzene rings is 2. The molecule has 7 nitrogen and oxygen atoms in total. The van der Waals surface area contributed by atoms with Crippen LogP contribution in [-0.4, -0.2) is 45.8 Å². The van der Waals surface area contributed by atoms with Gasteiger partial charge in [-0.1, -0.05) is 0 Å². The van der Waals surface area contributed by atoms with Crippen molar-refractivity contribution in [2.45, 2.75) is 38.1 Å². The average molecular weight is 481 g/mol. The Balaban J connectivity index is 1.59. The van der Waals surface area contributed by atoms with Crippen molar-refractivity contribution in [1.82, 2.24) is 15.1 Å². The number of guanidine groups is 1. The van der Waals surface area contributed by atoms with Crippen LogP contribution in [0.4, 0.5) is 15.9 Å². The van der Waals surface area contributed by atoms with Gasteiger partial charge in [-0.25, -0.2) is 9.07 Å².